The molecule has 0 bridgehead atoms. The number of nitrogens with zero attached hydrogens (tertiary/aromatic N) is 2. The predicted octanol–water partition coefficient (Wildman–Crippen LogP) is 2.64. The molecule has 1 saturated heterocycles. The van der Waals surface area contributed by atoms with Gasteiger partial charge in [-0.3, -0.25) is 0 Å². The van der Waals surface area contributed by atoms with Gasteiger partial charge >= 0.3 is 0 Å². The first-order valence-electron chi connectivity index (χ1n) is 6.45. The molecule has 0 saturated carbocycles. The molecule has 3 rings (SSSR count). The zero-order valence-corrected chi connectivity index (χ0v) is 10.8. The van der Waals surface area contributed by atoms with E-state index in [9.17, 15) is 5.11 Å². The second-order valence-corrected chi connectivity index (χ2v) is 4.85. The number of hydrogen-bond acceptors (Lipinski definition) is 5. The van der Waals surface area contributed by atoms with Gasteiger partial charge in [-0.05, 0) is 43.5 Å². The zero-order chi connectivity index (χ0) is 13.2. The van der Waals surface area contributed by atoms with Crippen LogP contribution in [-0.4, -0.2) is 28.5 Å². The van der Waals surface area contributed by atoms with E-state index in [-0.39, 0.29) is 5.75 Å². The topological polar surface area (TPSA) is 68.4 Å². The zero-order valence-electron chi connectivity index (χ0n) is 10.8. The van der Waals surface area contributed by atoms with Gasteiger partial charge in [0.25, 0.3) is 5.89 Å². The minimum Gasteiger partial charge on any atom is -0.508 e. The first-order chi connectivity index (χ1) is 9.24. The van der Waals surface area contributed by atoms with E-state index < -0.39 is 0 Å². The highest BCUT2D eigenvalue weighted by molar-refractivity contribution is 5.56. The molecule has 0 radical (unpaired) electrons. The molecule has 1 fully saturated rings. The maximum atomic E-state index is 9.52. The molecule has 0 atom stereocenters. The van der Waals surface area contributed by atoms with Crippen LogP contribution in [0, 0.1) is 6.92 Å². The molecule has 1 aliphatic rings. The molecular weight excluding hydrogens is 244 g/mol. The van der Waals surface area contributed by atoms with Gasteiger partial charge in [-0.15, -0.1) is 0 Å². The number of phenols is 1. The van der Waals surface area contributed by atoms with Crippen LogP contribution in [0.4, 0.5) is 0 Å². The maximum absolute atomic E-state index is 9.52. The summed E-state index contributed by atoms with van der Waals surface area (Å²) in [5.41, 5.74) is 1.63. The van der Waals surface area contributed by atoms with Crippen molar-refractivity contribution < 1.29 is 14.4 Å². The lowest BCUT2D eigenvalue weighted by Gasteiger charge is -2.18. The first-order valence-corrected chi connectivity index (χ1v) is 6.45. The smallest absolute Gasteiger partial charge is 0.257 e. The fourth-order valence-electron chi connectivity index (χ4n) is 2.26. The minimum atomic E-state index is 0.271. The van der Waals surface area contributed by atoms with Crippen molar-refractivity contribution in [3.8, 4) is 17.2 Å². The van der Waals surface area contributed by atoms with Gasteiger partial charge < -0.3 is 14.4 Å². The molecule has 0 unspecified atom stereocenters. The molecule has 1 aromatic heterocycles. The van der Waals surface area contributed by atoms with E-state index in [1.54, 1.807) is 12.1 Å². The highest BCUT2D eigenvalue weighted by Gasteiger charge is 2.21. The molecule has 100 valence electrons. The van der Waals surface area contributed by atoms with Gasteiger partial charge in [0.05, 0.1) is 0 Å². The van der Waals surface area contributed by atoms with Crippen molar-refractivity contribution in [3.63, 3.8) is 0 Å². The van der Waals surface area contributed by atoms with E-state index in [1.807, 2.05) is 13.0 Å². The van der Waals surface area contributed by atoms with Crippen LogP contribution in [0.5, 0.6) is 5.75 Å². The summed E-state index contributed by atoms with van der Waals surface area (Å²) in [5, 5.41) is 13.6. The van der Waals surface area contributed by atoms with Crippen molar-refractivity contribution in [2.24, 2.45) is 0 Å². The Morgan fingerprint density at radius 2 is 2.05 bits per heavy atom. The third-order valence-corrected chi connectivity index (χ3v) is 3.47. The van der Waals surface area contributed by atoms with E-state index in [4.69, 9.17) is 9.26 Å². The van der Waals surface area contributed by atoms with E-state index in [0.717, 1.165) is 43.0 Å². The Bertz CT molecular complexity index is 574. The van der Waals surface area contributed by atoms with Gasteiger partial charge in [0.1, 0.15) is 5.75 Å². The molecule has 0 amide bonds. The van der Waals surface area contributed by atoms with Gasteiger partial charge in [0.15, 0.2) is 5.82 Å². The van der Waals surface area contributed by atoms with Crippen LogP contribution < -0.4 is 0 Å². The van der Waals surface area contributed by atoms with E-state index >= 15 is 0 Å². The fraction of sp³-hybridized carbons (Fsp3) is 0.429. The standard InChI is InChI=1S/C14H16N2O3/c1-9-8-11(2-3-12(9)17)14-15-13(16-19-14)10-4-6-18-7-5-10/h2-3,8,10,17H,4-7H2,1H3. The SMILES string of the molecule is Cc1cc(-c2nc(C3CCOCC3)no2)ccc1O. The highest BCUT2D eigenvalue weighted by atomic mass is 16.5. The second-order valence-electron chi connectivity index (χ2n) is 4.85. The van der Waals surface area contributed by atoms with Crippen LogP contribution in [0.15, 0.2) is 22.7 Å². The van der Waals surface area contributed by atoms with Crippen LogP contribution in [0.3, 0.4) is 0 Å². The van der Waals surface area contributed by atoms with Gasteiger partial charge in [-0.25, -0.2) is 0 Å². The number of rotatable bonds is 2. The molecule has 2 heterocycles. The molecule has 1 N–H and O–H groups in total. The number of hydrogen-bond donors (Lipinski definition) is 1. The van der Waals surface area contributed by atoms with Crippen molar-refractivity contribution >= 4 is 0 Å². The van der Waals surface area contributed by atoms with Crippen LogP contribution in [0.2, 0.25) is 0 Å². The van der Waals surface area contributed by atoms with E-state index in [2.05, 4.69) is 10.1 Å². The predicted molar refractivity (Wildman–Crippen MR) is 68.9 cm³/mol. The highest BCUT2D eigenvalue weighted by Crippen LogP contribution is 2.28. The van der Waals surface area contributed by atoms with Crippen molar-refractivity contribution in [3.05, 3.63) is 29.6 Å². The quantitative estimate of drug-likeness (QED) is 0.899. The summed E-state index contributed by atoms with van der Waals surface area (Å²) >= 11 is 0. The first kappa shape index (κ1) is 12.2. The molecule has 5 heteroatoms. The number of ether oxygens (including phenoxy) is 1. The van der Waals surface area contributed by atoms with Crippen LogP contribution in [0.25, 0.3) is 11.5 Å². The van der Waals surface area contributed by atoms with Crippen LogP contribution in [0.1, 0.15) is 30.1 Å². The Labute approximate surface area is 111 Å². The average molecular weight is 260 g/mol. The molecular formula is C14H16N2O3. The van der Waals surface area contributed by atoms with Crippen molar-refractivity contribution in [1.82, 2.24) is 10.1 Å². The summed E-state index contributed by atoms with van der Waals surface area (Å²) < 4.78 is 10.6. The molecule has 1 aromatic carbocycles. The molecule has 19 heavy (non-hydrogen) atoms. The van der Waals surface area contributed by atoms with Gasteiger partial charge in [-0.1, -0.05) is 5.16 Å². The van der Waals surface area contributed by atoms with E-state index in [1.165, 1.54) is 0 Å². The molecule has 0 spiro atoms. The number of aromatic hydroxyl groups is 1. The van der Waals surface area contributed by atoms with Crippen LogP contribution in [-0.2, 0) is 4.74 Å². The summed E-state index contributed by atoms with van der Waals surface area (Å²) in [6.45, 7) is 3.36. The number of aryl methyl sites for hydroxylation is 1. The Balaban J connectivity index is 1.85. The largest absolute Gasteiger partial charge is 0.508 e. The lowest BCUT2D eigenvalue weighted by atomic mass is 10.00. The monoisotopic (exact) mass is 260 g/mol. The van der Waals surface area contributed by atoms with E-state index in [0.29, 0.717) is 11.8 Å². The minimum absolute atomic E-state index is 0.271. The molecule has 5 nitrogen and oxygen atoms in total. The normalized spacial score (nSPS) is 16.7. The summed E-state index contributed by atoms with van der Waals surface area (Å²) in [5.74, 6) is 1.85. The lowest BCUT2D eigenvalue weighted by Crippen LogP contribution is -2.15. The van der Waals surface area contributed by atoms with Crippen molar-refractivity contribution in [2.75, 3.05) is 13.2 Å². The Morgan fingerprint density at radius 1 is 1.26 bits per heavy atom. The number of benzene rings is 1. The van der Waals surface area contributed by atoms with Gasteiger partial charge in [-0.2, -0.15) is 4.98 Å². The number of phenolic OH excluding ortho intramolecular Hbond substituents is 1. The Kier molecular flexibility index (Phi) is 3.21. The lowest BCUT2D eigenvalue weighted by molar-refractivity contribution is 0.0830. The maximum Gasteiger partial charge on any atom is 0.257 e. The molecule has 1 aliphatic heterocycles. The Morgan fingerprint density at radius 3 is 2.79 bits per heavy atom. The average Bonchev–Trinajstić information content (AvgIpc) is 2.93. The Hall–Kier alpha value is -1.88. The van der Waals surface area contributed by atoms with Crippen LogP contribution >= 0.6 is 0 Å². The third-order valence-electron chi connectivity index (χ3n) is 3.47. The summed E-state index contributed by atoms with van der Waals surface area (Å²) in [6, 6.07) is 5.27. The molecule has 2 aromatic rings. The fourth-order valence-corrected chi connectivity index (χ4v) is 2.26. The summed E-state index contributed by atoms with van der Waals surface area (Å²) in [6.07, 6.45) is 1.88. The number of aromatic nitrogens is 2. The summed E-state index contributed by atoms with van der Waals surface area (Å²) in [7, 11) is 0. The third kappa shape index (κ3) is 2.46. The van der Waals surface area contributed by atoms with Gasteiger partial charge in [0, 0.05) is 24.7 Å². The summed E-state index contributed by atoms with van der Waals surface area (Å²) in [4.78, 5) is 4.46. The second kappa shape index (κ2) is 5.01. The van der Waals surface area contributed by atoms with Crippen molar-refractivity contribution in [2.45, 2.75) is 25.7 Å². The molecule has 0 aliphatic carbocycles. The van der Waals surface area contributed by atoms with Gasteiger partial charge in [0.2, 0.25) is 0 Å². The van der Waals surface area contributed by atoms with Crippen molar-refractivity contribution in [1.29, 1.82) is 0 Å².